The zero-order valence-electron chi connectivity index (χ0n) is 25.7. The summed E-state index contributed by atoms with van der Waals surface area (Å²) in [5.74, 6) is 0.938. The van der Waals surface area contributed by atoms with E-state index in [2.05, 4.69) is 51.1 Å². The minimum Gasteiger partial charge on any atom is -0.453 e. The molecule has 1 unspecified atom stereocenters. The molecule has 5 aromatic rings. The van der Waals surface area contributed by atoms with Crippen LogP contribution in [0.15, 0.2) is 67.3 Å². The van der Waals surface area contributed by atoms with Gasteiger partial charge in [0.25, 0.3) is 0 Å². The number of rotatable bonds is 10. The van der Waals surface area contributed by atoms with Gasteiger partial charge < -0.3 is 14.0 Å². The van der Waals surface area contributed by atoms with Crippen LogP contribution >= 0.6 is 11.6 Å². The van der Waals surface area contributed by atoms with Crippen LogP contribution in [0, 0.1) is 0 Å². The number of tetrazole rings is 1. The van der Waals surface area contributed by atoms with Gasteiger partial charge in [0, 0.05) is 54.5 Å². The van der Waals surface area contributed by atoms with E-state index in [0.29, 0.717) is 24.0 Å². The fraction of sp³-hybridized carbons (Fsp3) is 0.312. The van der Waals surface area contributed by atoms with Crippen LogP contribution in [0.3, 0.4) is 0 Å². The van der Waals surface area contributed by atoms with Crippen molar-refractivity contribution in [2.45, 2.75) is 51.2 Å². The van der Waals surface area contributed by atoms with Crippen molar-refractivity contribution in [1.82, 2.24) is 34.7 Å². The fourth-order valence-electron chi connectivity index (χ4n) is 5.47. The number of ether oxygens (including phenoxy) is 2. The molecule has 3 heterocycles. The first-order chi connectivity index (χ1) is 21.7. The number of pyridine rings is 1. The number of benzene rings is 2. The zero-order chi connectivity index (χ0) is 31.6. The van der Waals surface area contributed by atoms with Crippen LogP contribution in [-0.2, 0) is 22.6 Å². The number of aromatic nitrogens is 7. The molecule has 0 aliphatic heterocycles. The van der Waals surface area contributed by atoms with E-state index in [-0.39, 0.29) is 5.92 Å². The third-order valence-corrected chi connectivity index (χ3v) is 9.80. The molecule has 1 amide bonds. The van der Waals surface area contributed by atoms with Crippen molar-refractivity contribution in [3.63, 3.8) is 0 Å². The molecule has 2 aromatic carbocycles. The number of carbonyl (C=O) groups is 1. The predicted molar refractivity (Wildman–Crippen MR) is 175 cm³/mol. The molecule has 11 nitrogen and oxygen atoms in total. The summed E-state index contributed by atoms with van der Waals surface area (Å²) in [6.45, 7) is 8.17. The molecule has 0 saturated carbocycles. The molecule has 13 heteroatoms. The summed E-state index contributed by atoms with van der Waals surface area (Å²) < 4.78 is 14.6. The van der Waals surface area contributed by atoms with E-state index in [0.717, 1.165) is 58.5 Å². The molecule has 232 valence electrons. The first-order valence-corrected chi connectivity index (χ1v) is 18.9. The van der Waals surface area contributed by atoms with Gasteiger partial charge in [-0.3, -0.25) is 10.3 Å². The number of nitrogens with one attached hydrogen (secondary N) is 1. The van der Waals surface area contributed by atoms with Gasteiger partial charge in [-0.2, -0.15) is 4.68 Å². The maximum Gasteiger partial charge on any atom is 0.411 e. The standard InChI is InChI=1S/C32H35ClN8O3Si/c1-43-32(42)36-25-9-5-21(6-10-25)28-18-40(20-44-13-14-45(2,3)4)31(37-28)26-11-7-22-15-23(17-34-30(22)26)27-16-24(33)8-12-29(27)41-19-35-38-39-41/h5-6,8-10,12,15-19,26H,7,11,13-14,20H2,1-4H3,(H,36,42). The van der Waals surface area contributed by atoms with Gasteiger partial charge in [-0.25, -0.2) is 9.78 Å². The Labute approximate surface area is 267 Å². The molecule has 6 rings (SSSR count). The Kier molecular flexibility index (Phi) is 8.79. The number of anilines is 1. The van der Waals surface area contributed by atoms with Crippen LogP contribution < -0.4 is 5.32 Å². The number of hydrogen-bond acceptors (Lipinski definition) is 8. The number of fused-ring (bicyclic) bond motifs is 1. The first-order valence-electron chi connectivity index (χ1n) is 14.8. The molecule has 45 heavy (non-hydrogen) atoms. The molecule has 0 fully saturated rings. The molecular formula is C32H35ClN8O3Si. The second kappa shape index (κ2) is 12.9. The van der Waals surface area contributed by atoms with Gasteiger partial charge in [0.15, 0.2) is 0 Å². The zero-order valence-corrected chi connectivity index (χ0v) is 27.5. The van der Waals surface area contributed by atoms with Crippen molar-refractivity contribution in [2.24, 2.45) is 0 Å². The molecule has 0 radical (unpaired) electrons. The maximum absolute atomic E-state index is 11.6. The third-order valence-electron chi connectivity index (χ3n) is 7.86. The first kappa shape index (κ1) is 30.6. The summed E-state index contributed by atoms with van der Waals surface area (Å²) in [5.41, 5.74) is 7.28. The summed E-state index contributed by atoms with van der Waals surface area (Å²) in [5, 5.41) is 15.0. The number of hydrogen-bond donors (Lipinski definition) is 1. The molecule has 1 aliphatic carbocycles. The Hall–Kier alpha value is -4.39. The van der Waals surface area contributed by atoms with Gasteiger partial charge in [0.2, 0.25) is 0 Å². The van der Waals surface area contributed by atoms with Crippen molar-refractivity contribution in [2.75, 3.05) is 19.0 Å². The fourth-order valence-corrected chi connectivity index (χ4v) is 6.40. The van der Waals surface area contributed by atoms with Gasteiger partial charge in [-0.15, -0.1) is 5.10 Å². The van der Waals surface area contributed by atoms with Crippen molar-refractivity contribution in [3.8, 4) is 28.1 Å². The van der Waals surface area contributed by atoms with E-state index < -0.39 is 14.2 Å². The molecule has 0 spiro atoms. The molecule has 1 atom stereocenters. The quantitative estimate of drug-likeness (QED) is 0.130. The lowest BCUT2D eigenvalue weighted by molar-refractivity contribution is 0.0846. The van der Waals surface area contributed by atoms with Gasteiger partial charge >= 0.3 is 6.09 Å². The van der Waals surface area contributed by atoms with Gasteiger partial charge in [0.05, 0.1) is 30.1 Å². The number of methoxy groups -OCH3 is 1. The SMILES string of the molecule is COC(=O)Nc1ccc(-c2cn(COCC[Si](C)(C)C)c(C3CCc4cc(-c5cc(Cl)ccc5-n5cnnn5)cnc43)n2)cc1. The number of nitrogens with zero attached hydrogens (tertiary/aromatic N) is 7. The van der Waals surface area contributed by atoms with E-state index in [4.69, 9.17) is 31.0 Å². The highest BCUT2D eigenvalue weighted by atomic mass is 35.5. The van der Waals surface area contributed by atoms with E-state index in [1.54, 1.807) is 11.0 Å². The number of halogens is 1. The highest BCUT2D eigenvalue weighted by Crippen LogP contribution is 2.40. The number of carbonyl (C=O) groups excluding carboxylic acids is 1. The number of amides is 1. The minimum atomic E-state index is -1.23. The molecule has 1 N–H and O–H groups in total. The highest BCUT2D eigenvalue weighted by Gasteiger charge is 2.30. The molecule has 3 aromatic heterocycles. The van der Waals surface area contributed by atoms with Crippen LogP contribution in [0.2, 0.25) is 30.7 Å². The number of imidazole rings is 1. The van der Waals surface area contributed by atoms with Gasteiger partial charge in [0.1, 0.15) is 18.9 Å². The van der Waals surface area contributed by atoms with Crippen LogP contribution in [0.5, 0.6) is 0 Å². The van der Waals surface area contributed by atoms with Crippen molar-refractivity contribution < 1.29 is 14.3 Å². The Balaban J connectivity index is 1.31. The van der Waals surface area contributed by atoms with Crippen LogP contribution in [0.4, 0.5) is 10.5 Å². The lowest BCUT2D eigenvalue weighted by atomic mass is 10.0. The monoisotopic (exact) mass is 642 g/mol. The summed E-state index contributed by atoms with van der Waals surface area (Å²) in [6.07, 6.45) is 6.74. The highest BCUT2D eigenvalue weighted by molar-refractivity contribution is 6.76. The molecule has 1 aliphatic rings. The lowest BCUT2D eigenvalue weighted by Gasteiger charge is -2.17. The van der Waals surface area contributed by atoms with Crippen molar-refractivity contribution >= 4 is 31.5 Å². The topological polar surface area (TPSA) is 122 Å². The smallest absolute Gasteiger partial charge is 0.411 e. The molecular weight excluding hydrogens is 608 g/mol. The maximum atomic E-state index is 11.6. The second-order valence-corrected chi connectivity index (χ2v) is 18.3. The Morgan fingerprint density at radius 3 is 2.67 bits per heavy atom. The van der Waals surface area contributed by atoms with Gasteiger partial charge in [-0.1, -0.05) is 43.4 Å². The Morgan fingerprint density at radius 1 is 1.11 bits per heavy atom. The summed E-state index contributed by atoms with van der Waals surface area (Å²) >= 11 is 6.41. The average Bonchev–Trinajstić information content (AvgIpc) is 3.79. The summed E-state index contributed by atoms with van der Waals surface area (Å²) in [6, 6.07) is 16.5. The second-order valence-electron chi connectivity index (χ2n) is 12.3. The van der Waals surface area contributed by atoms with Gasteiger partial charge in [-0.05, 0) is 71.3 Å². The number of aryl methyl sites for hydroxylation is 1. The van der Waals surface area contributed by atoms with E-state index in [1.807, 2.05) is 54.9 Å². The summed E-state index contributed by atoms with van der Waals surface area (Å²) in [4.78, 5) is 21.8. The Bertz CT molecular complexity index is 1800. The van der Waals surface area contributed by atoms with Crippen LogP contribution in [-0.4, -0.2) is 62.6 Å². The lowest BCUT2D eigenvalue weighted by Crippen LogP contribution is -2.22. The Morgan fingerprint density at radius 2 is 1.93 bits per heavy atom. The van der Waals surface area contributed by atoms with Crippen molar-refractivity contribution in [3.05, 3.63) is 89.4 Å². The normalized spacial score (nSPS) is 14.4. The van der Waals surface area contributed by atoms with Crippen LogP contribution in [0.25, 0.3) is 28.1 Å². The predicted octanol–water partition coefficient (Wildman–Crippen LogP) is 6.81. The molecule has 0 saturated heterocycles. The largest absolute Gasteiger partial charge is 0.453 e. The minimum absolute atomic E-state index is 0.0157. The summed E-state index contributed by atoms with van der Waals surface area (Å²) in [7, 11) is 0.111. The van der Waals surface area contributed by atoms with Crippen molar-refractivity contribution in [1.29, 1.82) is 0 Å². The third kappa shape index (κ3) is 6.98. The molecule has 0 bridgehead atoms. The average molecular weight is 643 g/mol. The van der Waals surface area contributed by atoms with Crippen LogP contribution in [0.1, 0.15) is 29.4 Å². The van der Waals surface area contributed by atoms with E-state index in [1.165, 1.54) is 12.7 Å². The van der Waals surface area contributed by atoms with E-state index >= 15 is 0 Å². The van der Waals surface area contributed by atoms with E-state index in [9.17, 15) is 4.79 Å².